The minimum Gasteiger partial charge on any atom is -0.481 e. The van der Waals surface area contributed by atoms with E-state index in [4.69, 9.17) is 14.4 Å². The molecule has 3 aromatic carbocycles. The summed E-state index contributed by atoms with van der Waals surface area (Å²) in [6.45, 7) is 1.87. The van der Waals surface area contributed by atoms with Gasteiger partial charge in [0.05, 0.1) is 11.6 Å². The van der Waals surface area contributed by atoms with Gasteiger partial charge in [-0.05, 0) is 54.4 Å². The SMILES string of the molecule is CC(Oc1ccc(-c2ccc(C#N)cc2)cc1)c1nnc(-c2ccccc2)o1. The van der Waals surface area contributed by atoms with E-state index in [0.717, 1.165) is 16.7 Å². The van der Waals surface area contributed by atoms with Gasteiger partial charge in [0.2, 0.25) is 5.89 Å². The van der Waals surface area contributed by atoms with Gasteiger partial charge in [-0.25, -0.2) is 0 Å². The number of nitrogens with zero attached hydrogens (tertiary/aromatic N) is 3. The normalized spacial score (nSPS) is 11.6. The molecule has 0 fully saturated rings. The van der Waals surface area contributed by atoms with E-state index in [1.54, 1.807) is 0 Å². The Morgan fingerprint density at radius 2 is 1.46 bits per heavy atom. The van der Waals surface area contributed by atoms with Crippen LogP contribution in [-0.2, 0) is 0 Å². The molecule has 0 radical (unpaired) electrons. The number of nitriles is 1. The first kappa shape index (κ1) is 17.5. The maximum Gasteiger partial charge on any atom is 0.257 e. The summed E-state index contributed by atoms with van der Waals surface area (Å²) in [7, 11) is 0. The quantitative estimate of drug-likeness (QED) is 0.471. The van der Waals surface area contributed by atoms with E-state index in [2.05, 4.69) is 16.3 Å². The van der Waals surface area contributed by atoms with Crippen molar-refractivity contribution in [3.63, 3.8) is 0 Å². The molecule has 1 aromatic heterocycles. The summed E-state index contributed by atoms with van der Waals surface area (Å²) in [6.07, 6.45) is -0.370. The summed E-state index contributed by atoms with van der Waals surface area (Å²) >= 11 is 0. The number of ether oxygens (including phenoxy) is 1. The Hall–Kier alpha value is -3.91. The molecular weight excluding hydrogens is 350 g/mol. The van der Waals surface area contributed by atoms with E-state index in [0.29, 0.717) is 23.1 Å². The van der Waals surface area contributed by atoms with Crippen molar-refractivity contribution in [1.82, 2.24) is 10.2 Å². The first-order valence-corrected chi connectivity index (χ1v) is 8.89. The highest BCUT2D eigenvalue weighted by atomic mass is 16.5. The van der Waals surface area contributed by atoms with Crippen LogP contribution in [0.1, 0.15) is 24.5 Å². The van der Waals surface area contributed by atoms with E-state index in [-0.39, 0.29) is 6.10 Å². The van der Waals surface area contributed by atoms with Gasteiger partial charge in [0.1, 0.15) is 5.75 Å². The third-order valence-electron chi connectivity index (χ3n) is 4.32. The Bertz CT molecular complexity index is 1100. The summed E-state index contributed by atoms with van der Waals surface area (Å²) in [6, 6.07) is 27.0. The Balaban J connectivity index is 1.45. The average Bonchev–Trinajstić information content (AvgIpc) is 3.26. The second kappa shape index (κ2) is 7.77. The van der Waals surface area contributed by atoms with Crippen molar-refractivity contribution in [2.45, 2.75) is 13.0 Å². The molecule has 28 heavy (non-hydrogen) atoms. The van der Waals surface area contributed by atoms with Crippen LogP contribution in [0.2, 0.25) is 0 Å². The lowest BCUT2D eigenvalue weighted by Gasteiger charge is -2.11. The minimum absolute atomic E-state index is 0.370. The highest BCUT2D eigenvalue weighted by Gasteiger charge is 2.16. The summed E-state index contributed by atoms with van der Waals surface area (Å²) < 4.78 is 11.7. The fraction of sp³-hybridized carbons (Fsp3) is 0.0870. The first-order valence-electron chi connectivity index (χ1n) is 8.89. The second-order valence-electron chi connectivity index (χ2n) is 6.29. The van der Waals surface area contributed by atoms with Crippen molar-refractivity contribution in [3.05, 3.63) is 90.3 Å². The molecule has 0 aliphatic carbocycles. The monoisotopic (exact) mass is 367 g/mol. The molecule has 0 saturated carbocycles. The van der Waals surface area contributed by atoms with Crippen molar-refractivity contribution in [2.24, 2.45) is 0 Å². The predicted octanol–water partition coefficient (Wildman–Crippen LogP) is 5.42. The van der Waals surface area contributed by atoms with E-state index in [1.807, 2.05) is 85.8 Å². The Kier molecular flexibility index (Phi) is 4.85. The van der Waals surface area contributed by atoms with Gasteiger partial charge in [0.15, 0.2) is 6.10 Å². The van der Waals surface area contributed by atoms with E-state index in [9.17, 15) is 0 Å². The maximum atomic E-state index is 8.90. The molecule has 1 heterocycles. The molecule has 0 aliphatic rings. The molecule has 0 aliphatic heterocycles. The van der Waals surface area contributed by atoms with E-state index < -0.39 is 0 Å². The van der Waals surface area contributed by atoms with E-state index >= 15 is 0 Å². The third kappa shape index (κ3) is 3.76. The highest BCUT2D eigenvalue weighted by molar-refractivity contribution is 5.65. The summed E-state index contributed by atoms with van der Waals surface area (Å²) in [5.74, 6) is 1.61. The highest BCUT2D eigenvalue weighted by Crippen LogP contribution is 2.27. The molecular formula is C23H17N3O2. The fourth-order valence-electron chi connectivity index (χ4n) is 2.81. The number of rotatable bonds is 5. The van der Waals surface area contributed by atoms with Crippen molar-refractivity contribution in [2.75, 3.05) is 0 Å². The molecule has 1 unspecified atom stereocenters. The molecule has 0 amide bonds. The number of aromatic nitrogens is 2. The molecule has 1 atom stereocenters. The third-order valence-corrected chi connectivity index (χ3v) is 4.32. The van der Waals surface area contributed by atoms with Crippen LogP contribution in [0.15, 0.2) is 83.3 Å². The zero-order valence-corrected chi connectivity index (χ0v) is 15.2. The largest absolute Gasteiger partial charge is 0.481 e. The van der Waals surface area contributed by atoms with Gasteiger partial charge in [-0.1, -0.05) is 42.5 Å². The van der Waals surface area contributed by atoms with Crippen LogP contribution in [0.4, 0.5) is 0 Å². The lowest BCUT2D eigenvalue weighted by atomic mass is 10.0. The molecule has 136 valence electrons. The van der Waals surface area contributed by atoms with Gasteiger partial charge >= 0.3 is 0 Å². The number of hydrogen-bond donors (Lipinski definition) is 0. The van der Waals surface area contributed by atoms with Gasteiger partial charge < -0.3 is 9.15 Å². The summed E-state index contributed by atoms with van der Waals surface area (Å²) in [5, 5.41) is 17.1. The minimum atomic E-state index is -0.370. The number of benzene rings is 3. The molecule has 0 saturated heterocycles. The van der Waals surface area contributed by atoms with Gasteiger partial charge in [-0.15, -0.1) is 10.2 Å². The van der Waals surface area contributed by atoms with Crippen LogP contribution < -0.4 is 4.74 Å². The van der Waals surface area contributed by atoms with Crippen molar-refractivity contribution >= 4 is 0 Å². The van der Waals surface area contributed by atoms with E-state index in [1.165, 1.54) is 0 Å². The molecule has 4 rings (SSSR count). The molecule has 0 spiro atoms. The summed E-state index contributed by atoms with van der Waals surface area (Å²) in [4.78, 5) is 0. The van der Waals surface area contributed by atoms with Crippen molar-refractivity contribution in [1.29, 1.82) is 5.26 Å². The first-order chi connectivity index (χ1) is 13.7. The smallest absolute Gasteiger partial charge is 0.257 e. The van der Waals surface area contributed by atoms with Crippen molar-refractivity contribution < 1.29 is 9.15 Å². The molecule has 5 nitrogen and oxygen atoms in total. The number of hydrogen-bond acceptors (Lipinski definition) is 5. The molecule has 4 aromatic rings. The fourth-order valence-corrected chi connectivity index (χ4v) is 2.81. The zero-order valence-electron chi connectivity index (χ0n) is 15.2. The predicted molar refractivity (Wildman–Crippen MR) is 105 cm³/mol. The Morgan fingerprint density at radius 1 is 0.821 bits per heavy atom. The topological polar surface area (TPSA) is 71.9 Å². The average molecular weight is 367 g/mol. The molecule has 0 bridgehead atoms. The van der Waals surface area contributed by atoms with Crippen LogP contribution in [0, 0.1) is 11.3 Å². The molecule has 0 N–H and O–H groups in total. The van der Waals surface area contributed by atoms with Gasteiger partial charge in [0, 0.05) is 5.56 Å². The van der Waals surface area contributed by atoms with Crippen LogP contribution in [0.3, 0.4) is 0 Å². The van der Waals surface area contributed by atoms with Gasteiger partial charge in [-0.2, -0.15) is 5.26 Å². The lowest BCUT2D eigenvalue weighted by Crippen LogP contribution is -2.03. The van der Waals surface area contributed by atoms with Gasteiger partial charge in [0.25, 0.3) is 5.89 Å². The Morgan fingerprint density at radius 3 is 2.11 bits per heavy atom. The van der Waals surface area contributed by atoms with Crippen LogP contribution in [-0.4, -0.2) is 10.2 Å². The second-order valence-corrected chi connectivity index (χ2v) is 6.29. The Labute approximate surface area is 162 Å². The zero-order chi connectivity index (χ0) is 19.3. The van der Waals surface area contributed by atoms with Gasteiger partial charge in [-0.3, -0.25) is 0 Å². The van der Waals surface area contributed by atoms with Crippen molar-refractivity contribution in [3.8, 4) is 34.4 Å². The maximum absolute atomic E-state index is 8.90. The molecule has 5 heteroatoms. The van der Waals surface area contributed by atoms with Crippen LogP contribution in [0.25, 0.3) is 22.6 Å². The standard InChI is InChI=1S/C23H17N3O2/c1-16(22-25-26-23(28-22)20-5-3-2-4-6-20)27-21-13-11-19(12-14-21)18-9-7-17(15-24)8-10-18/h2-14,16H,1H3. The van der Waals surface area contributed by atoms with Crippen LogP contribution >= 0.6 is 0 Å². The summed E-state index contributed by atoms with van der Waals surface area (Å²) in [5.41, 5.74) is 3.61. The van der Waals surface area contributed by atoms with Crippen LogP contribution in [0.5, 0.6) is 5.75 Å². The lowest BCUT2D eigenvalue weighted by molar-refractivity contribution is 0.189.